The number of para-hydroxylation sites is 4. The van der Waals surface area contributed by atoms with E-state index in [0.717, 1.165) is 123 Å². The van der Waals surface area contributed by atoms with Crippen molar-refractivity contribution in [3.63, 3.8) is 0 Å². The Morgan fingerprint density at radius 2 is 0.658 bits per heavy atom. The Balaban J connectivity index is 0.000000177. The Morgan fingerprint density at radius 1 is 0.349 bits per heavy atom. The summed E-state index contributed by atoms with van der Waals surface area (Å²) < 4.78 is 168. The lowest BCUT2D eigenvalue weighted by atomic mass is 10.0. The monoisotopic (exact) mass is 2080 g/mol. The molecule has 0 bridgehead atoms. The number of hydrogen-bond donors (Lipinski definition) is 8. The highest BCUT2D eigenvalue weighted by molar-refractivity contribution is 6.12. The van der Waals surface area contributed by atoms with Crippen LogP contribution in [0.15, 0.2) is 193 Å². The number of benzene rings is 8. The molecule has 8 heterocycles. The SMILES string of the molecule is CC(C)(C)OC(=O)N1CCN(c2ccccc2C(=O)Nc2ccc(C(F)(F)F)cc2N)CC1.CC(C)(C)OC(=O)N1CCN(c2ccccc2C(=O)O)CC1.Cc1cc(C)n(CC(=O)N2CCN(c3ccccc3C(=O)Nc3ccc(C(F)(F)F)cc3N)CC2)n1.Cc1cc(C)n(CC(=O)N2CCN(c3ccccc3C3=Nc4cc(C(F)(F)F)ccc4C3)CC2)n1.Cc1cc(C)n(CC(=O)O)n1.Nc1ccc(C(F)(F)F)cc1N. The number of aliphatic imine (C=N–C) groups is 1. The number of rotatable bonds is 16. The van der Waals surface area contributed by atoms with Gasteiger partial charge < -0.3 is 92.5 Å². The zero-order chi connectivity index (χ0) is 109. The smallest absolute Gasteiger partial charge is 0.416 e. The number of nitrogen functional groups attached to an aromatic ring is 4. The number of hydrogen-bond acceptors (Lipinski definition) is 22. The summed E-state index contributed by atoms with van der Waals surface area (Å²) in [6.07, 6.45) is -18.0. The van der Waals surface area contributed by atoms with Gasteiger partial charge in [-0.25, -0.2) is 14.4 Å². The van der Waals surface area contributed by atoms with E-state index in [9.17, 15) is 96.1 Å². The number of aliphatic carboxylic acids is 1. The minimum atomic E-state index is -4.52. The molecule has 5 aliphatic heterocycles. The maximum Gasteiger partial charge on any atom is 0.416 e. The number of aromatic nitrogens is 6. The Bertz CT molecular complexity index is 6650. The predicted octanol–water partition coefficient (Wildman–Crippen LogP) is 17.7. The summed E-state index contributed by atoms with van der Waals surface area (Å²) in [5, 5.41) is 35.6. The fourth-order valence-corrected chi connectivity index (χ4v) is 16.6. The molecule has 11 aromatic rings. The Hall–Kier alpha value is -16.0. The molecule has 4 saturated heterocycles. The Morgan fingerprint density at radius 3 is 0.993 bits per heavy atom. The van der Waals surface area contributed by atoms with Crippen molar-refractivity contribution < 1.29 is 111 Å². The minimum Gasteiger partial charge on any atom is -0.480 e. The maximum atomic E-state index is 13.1. The molecular formula is C104H119F12N21O12. The lowest BCUT2D eigenvalue weighted by Gasteiger charge is -2.37. The Labute approximate surface area is 852 Å². The van der Waals surface area contributed by atoms with Gasteiger partial charge in [0.15, 0.2) is 0 Å². The third kappa shape index (κ3) is 31.5. The molecular weight excluding hydrogens is 1960 g/mol. The van der Waals surface area contributed by atoms with E-state index < -0.39 is 81.9 Å². The molecule has 8 aromatic carbocycles. The number of ether oxygens (including phenoxy) is 2. The summed E-state index contributed by atoms with van der Waals surface area (Å²) >= 11 is 0. The zero-order valence-electron chi connectivity index (χ0n) is 84.1. The molecule has 3 aromatic heterocycles. The van der Waals surface area contributed by atoms with Crippen LogP contribution < -0.4 is 53.2 Å². The topological polar surface area (TPSA) is 415 Å². The number of aryl methyl sites for hydroxylation is 6. The van der Waals surface area contributed by atoms with Crippen molar-refractivity contribution in [2.45, 2.75) is 145 Å². The van der Waals surface area contributed by atoms with Crippen molar-refractivity contribution in [3.05, 3.63) is 272 Å². The number of carbonyl (C=O) groups is 8. The van der Waals surface area contributed by atoms with E-state index in [2.05, 4.69) is 35.8 Å². The second kappa shape index (κ2) is 48.1. The predicted molar refractivity (Wildman–Crippen MR) is 542 cm³/mol. The summed E-state index contributed by atoms with van der Waals surface area (Å²) in [6.45, 7) is 31.2. The highest BCUT2D eigenvalue weighted by atomic mass is 19.4. The molecule has 0 spiro atoms. The van der Waals surface area contributed by atoms with Crippen LogP contribution in [0.2, 0.25) is 0 Å². The van der Waals surface area contributed by atoms with Crippen molar-refractivity contribution in [2.75, 3.05) is 158 Å². The summed E-state index contributed by atoms with van der Waals surface area (Å²) in [4.78, 5) is 117. The molecule has 796 valence electrons. The van der Waals surface area contributed by atoms with Gasteiger partial charge in [-0.15, -0.1) is 0 Å². The first-order chi connectivity index (χ1) is 69.8. The van der Waals surface area contributed by atoms with Crippen molar-refractivity contribution in [1.29, 1.82) is 0 Å². The second-order valence-electron chi connectivity index (χ2n) is 37.6. The molecule has 0 unspecified atom stereocenters. The second-order valence-corrected chi connectivity index (χ2v) is 37.6. The van der Waals surface area contributed by atoms with E-state index in [0.29, 0.717) is 145 Å². The molecule has 0 aliphatic carbocycles. The van der Waals surface area contributed by atoms with Gasteiger partial charge in [0.1, 0.15) is 30.8 Å². The molecule has 4 fully saturated rings. The van der Waals surface area contributed by atoms with Gasteiger partial charge in [0.05, 0.1) is 107 Å². The molecule has 33 nitrogen and oxygen atoms in total. The van der Waals surface area contributed by atoms with Crippen molar-refractivity contribution in [1.82, 2.24) is 48.9 Å². The van der Waals surface area contributed by atoms with Crippen LogP contribution in [0, 0.1) is 41.5 Å². The number of carboxylic acids is 2. The van der Waals surface area contributed by atoms with E-state index in [-0.39, 0.29) is 83.3 Å². The molecule has 149 heavy (non-hydrogen) atoms. The first-order valence-electron chi connectivity index (χ1n) is 47.3. The third-order valence-corrected chi connectivity index (χ3v) is 24.0. The molecule has 16 rings (SSSR count). The van der Waals surface area contributed by atoms with E-state index >= 15 is 0 Å². The lowest BCUT2D eigenvalue weighted by Crippen LogP contribution is -2.50. The standard InChI is InChI=1S/C26H26F3N5O.C25H27F3N6O2.C23H27F3N4O3.C16H22N2O4.C7H7F3N2.C7H10N2O2/c1-17-13-18(2)34(31-17)16-25(35)33-11-9-32(10-12-33)24-6-4-3-5-21(24)23-14-19-7-8-20(26(27,28)29)15-22(19)30-23;1-16-13-17(2)34(31-16)15-23(35)33-11-9-32(10-12-33)22-6-4-3-5-19(22)24(36)30-21-8-7-18(14-20(21)29)25(26,27)28;1-22(2,3)33-21(32)30-12-10-29(11-13-30)19-7-5-4-6-16(19)20(31)28-18-9-8-15(14-17(18)27)23(24,25)26;1-16(2,3)22-15(21)18-10-8-17(9-11-18)13-7-5-4-6-12(13)14(19)20;8-7(9,10)4-1-2-5(11)6(12)3-4;1-5-3-6(2)9(8-5)4-7(10)11/h3-8,13,15H,9-12,14,16H2,1-2H3;3-8,13-14H,9-12,15,29H2,1-2H3,(H,30,36);4-9,14H,10-13,27H2,1-3H3,(H,28,31);4-7H,8-11H2,1-3H3,(H,19,20);1-3H,11-12H2;3H,4H2,1-2H3,(H,10,11). The van der Waals surface area contributed by atoms with E-state index in [1.165, 1.54) is 10.7 Å². The van der Waals surface area contributed by atoms with Crippen LogP contribution >= 0.6 is 0 Å². The van der Waals surface area contributed by atoms with Gasteiger partial charge in [-0.2, -0.15) is 68.0 Å². The van der Waals surface area contributed by atoms with Crippen LogP contribution in [0.4, 0.5) is 125 Å². The van der Waals surface area contributed by atoms with Gasteiger partial charge in [-0.1, -0.05) is 60.7 Å². The molecule has 45 heteroatoms. The fourth-order valence-electron chi connectivity index (χ4n) is 16.6. The zero-order valence-corrected chi connectivity index (χ0v) is 84.1. The number of carbonyl (C=O) groups excluding carboxylic acids is 6. The molecule has 0 radical (unpaired) electrons. The Kier molecular flexibility index (Phi) is 36.6. The number of anilines is 10. The molecule has 12 N–H and O–H groups in total. The van der Waals surface area contributed by atoms with Crippen LogP contribution in [0.1, 0.15) is 140 Å². The van der Waals surface area contributed by atoms with Crippen LogP contribution in [0.5, 0.6) is 0 Å². The van der Waals surface area contributed by atoms with Crippen LogP contribution in [-0.4, -0.2) is 229 Å². The molecule has 5 aliphatic rings. The number of halogens is 12. The highest BCUT2D eigenvalue weighted by Gasteiger charge is 2.38. The van der Waals surface area contributed by atoms with Gasteiger partial charge >= 0.3 is 48.8 Å². The number of nitrogens with zero attached hydrogens (tertiary/aromatic N) is 15. The van der Waals surface area contributed by atoms with Crippen LogP contribution in [-0.2, 0) is 74.6 Å². The molecule has 0 saturated carbocycles. The fraction of sp³-hybridized carbons (Fsp3) is 0.365. The number of nitrogens with one attached hydrogen (secondary N) is 2. The van der Waals surface area contributed by atoms with Crippen molar-refractivity contribution >= 4 is 116 Å². The number of aromatic carboxylic acids is 1. The van der Waals surface area contributed by atoms with E-state index in [1.807, 2.05) is 130 Å². The third-order valence-electron chi connectivity index (χ3n) is 24.0. The summed E-state index contributed by atoms with van der Waals surface area (Å²) in [6, 6.07) is 46.6. The quantitative estimate of drug-likeness (QED) is 0.0329. The van der Waals surface area contributed by atoms with Crippen LogP contribution in [0.3, 0.4) is 0 Å². The summed E-state index contributed by atoms with van der Waals surface area (Å²) in [5.74, 6) is -2.77. The number of nitrogens with two attached hydrogens (primary N) is 4. The number of piperazine rings is 4. The number of alkyl halides is 12. The molecule has 6 amide bonds. The largest absolute Gasteiger partial charge is 0.480 e. The minimum absolute atomic E-state index is 0.0235. The van der Waals surface area contributed by atoms with Gasteiger partial charge in [0, 0.05) is 151 Å². The van der Waals surface area contributed by atoms with E-state index in [4.69, 9.17) is 37.5 Å². The van der Waals surface area contributed by atoms with Crippen molar-refractivity contribution in [3.8, 4) is 0 Å². The number of carboxylic acid groups (broad SMARTS) is 2. The van der Waals surface area contributed by atoms with E-state index in [1.54, 1.807) is 112 Å². The maximum absolute atomic E-state index is 13.1. The summed E-state index contributed by atoms with van der Waals surface area (Å²) in [5.41, 5.74) is 29.8. The average Bonchev–Trinajstić information content (AvgIpc) is 1.61. The van der Waals surface area contributed by atoms with Gasteiger partial charge in [0.25, 0.3) is 11.8 Å². The van der Waals surface area contributed by atoms with Gasteiger partial charge in [0.2, 0.25) is 11.8 Å². The number of amides is 6. The molecule has 0 atom stereocenters. The normalized spacial score (nSPS) is 14.4. The van der Waals surface area contributed by atoms with Crippen LogP contribution in [0.25, 0.3) is 0 Å². The highest BCUT2D eigenvalue weighted by Crippen LogP contribution is 2.41. The summed E-state index contributed by atoms with van der Waals surface area (Å²) in [7, 11) is 0. The average molecular weight is 2080 g/mol. The van der Waals surface area contributed by atoms with Gasteiger partial charge in [-0.05, 0) is 216 Å². The van der Waals surface area contributed by atoms with Gasteiger partial charge in [-0.3, -0.25) is 43.0 Å². The van der Waals surface area contributed by atoms with Crippen molar-refractivity contribution in [2.24, 2.45) is 4.99 Å². The lowest BCUT2D eigenvalue weighted by molar-refractivity contribution is -0.138. The first kappa shape index (κ1) is 113. The first-order valence-corrected chi connectivity index (χ1v) is 47.3. The number of fused-ring (bicyclic) bond motifs is 1.